The Morgan fingerprint density at radius 3 is 2.39 bits per heavy atom. The van der Waals surface area contributed by atoms with Gasteiger partial charge in [0.2, 0.25) is 0 Å². The van der Waals surface area contributed by atoms with Gasteiger partial charge in [-0.05, 0) is 86.1 Å². The SMILES string of the molecule is Cc1ccc(C)n1-c1ccc(OCc2ccc(C(=O)N/N=C/c3cc([N+](=O)[O-])ccc3OCc3ccc(Cl)c(Cl)c3)o2)cc1. The molecule has 1 amide bonds. The number of amides is 1. The fourth-order valence-electron chi connectivity index (χ4n) is 4.39. The Kier molecular flexibility index (Phi) is 9.32. The van der Waals surface area contributed by atoms with Gasteiger partial charge in [-0.1, -0.05) is 29.3 Å². The normalized spacial score (nSPS) is 11.1. The van der Waals surface area contributed by atoms with Crippen LogP contribution in [0.3, 0.4) is 0 Å². The fourth-order valence-corrected chi connectivity index (χ4v) is 4.71. The Balaban J connectivity index is 1.19. The van der Waals surface area contributed by atoms with Crippen LogP contribution in [0.1, 0.15) is 38.8 Å². The van der Waals surface area contributed by atoms with Crippen LogP contribution in [0.4, 0.5) is 5.69 Å². The number of hydrogen-bond donors (Lipinski definition) is 1. The number of aromatic nitrogens is 1. The van der Waals surface area contributed by atoms with Crippen LogP contribution in [0.2, 0.25) is 10.0 Å². The third-order valence-corrected chi connectivity index (χ3v) is 7.32. The average molecular weight is 633 g/mol. The van der Waals surface area contributed by atoms with Crippen molar-refractivity contribution in [2.45, 2.75) is 27.1 Å². The van der Waals surface area contributed by atoms with E-state index in [-0.39, 0.29) is 30.2 Å². The monoisotopic (exact) mass is 632 g/mol. The van der Waals surface area contributed by atoms with Crippen molar-refractivity contribution < 1.29 is 23.6 Å². The lowest BCUT2D eigenvalue weighted by molar-refractivity contribution is -0.384. The number of carbonyl (C=O) groups is 1. The molecule has 5 rings (SSSR count). The number of halogens is 2. The van der Waals surface area contributed by atoms with E-state index < -0.39 is 10.8 Å². The third-order valence-electron chi connectivity index (χ3n) is 6.58. The van der Waals surface area contributed by atoms with Crippen LogP contribution in [0.15, 0.2) is 94.4 Å². The molecule has 0 fully saturated rings. The minimum absolute atomic E-state index is 0.0183. The highest BCUT2D eigenvalue weighted by atomic mass is 35.5. The smallest absolute Gasteiger partial charge is 0.307 e. The van der Waals surface area contributed by atoms with Gasteiger partial charge in [-0.2, -0.15) is 5.10 Å². The minimum Gasteiger partial charge on any atom is -0.488 e. The number of nitro benzene ring substituents is 1. The summed E-state index contributed by atoms with van der Waals surface area (Å²) in [6.45, 7) is 4.34. The molecular weight excluding hydrogens is 607 g/mol. The summed E-state index contributed by atoms with van der Waals surface area (Å²) in [4.78, 5) is 23.4. The lowest BCUT2D eigenvalue weighted by atomic mass is 10.2. The van der Waals surface area contributed by atoms with Crippen LogP contribution < -0.4 is 14.9 Å². The molecule has 1 N–H and O–H groups in total. The quantitative estimate of drug-likeness (QED) is 0.0899. The summed E-state index contributed by atoms with van der Waals surface area (Å²) in [5.74, 6) is 0.806. The van der Waals surface area contributed by atoms with E-state index in [4.69, 9.17) is 37.1 Å². The zero-order valence-corrected chi connectivity index (χ0v) is 25.1. The van der Waals surface area contributed by atoms with Crippen molar-refractivity contribution in [1.29, 1.82) is 0 Å². The van der Waals surface area contributed by atoms with Crippen molar-refractivity contribution >= 4 is 41.0 Å². The predicted molar refractivity (Wildman–Crippen MR) is 167 cm³/mol. The van der Waals surface area contributed by atoms with E-state index in [0.717, 1.165) is 22.6 Å². The Bertz CT molecular complexity index is 1830. The fraction of sp³-hybridized carbons (Fsp3) is 0.125. The molecule has 2 aromatic heterocycles. The molecule has 0 atom stereocenters. The second-order valence-corrected chi connectivity index (χ2v) is 10.5. The molecule has 0 spiro atoms. The van der Waals surface area contributed by atoms with Gasteiger partial charge in [0.25, 0.3) is 5.69 Å². The molecule has 10 nitrogen and oxygen atoms in total. The molecule has 12 heteroatoms. The first-order valence-corrected chi connectivity index (χ1v) is 14.1. The van der Waals surface area contributed by atoms with Gasteiger partial charge < -0.3 is 18.5 Å². The van der Waals surface area contributed by atoms with E-state index in [1.54, 1.807) is 24.3 Å². The molecule has 0 aliphatic heterocycles. The lowest BCUT2D eigenvalue weighted by Gasteiger charge is -2.10. The molecule has 0 unspecified atom stereocenters. The topological polar surface area (TPSA) is 121 Å². The molecule has 0 aliphatic rings. The number of aryl methyl sites for hydroxylation is 2. The van der Waals surface area contributed by atoms with Gasteiger partial charge in [0.05, 0.1) is 21.2 Å². The maximum atomic E-state index is 12.6. The predicted octanol–water partition coefficient (Wildman–Crippen LogP) is 7.82. The van der Waals surface area contributed by atoms with E-state index in [0.29, 0.717) is 27.3 Å². The van der Waals surface area contributed by atoms with Crippen molar-refractivity contribution in [2.75, 3.05) is 0 Å². The summed E-state index contributed by atoms with van der Waals surface area (Å²) in [7, 11) is 0. The van der Waals surface area contributed by atoms with Crippen LogP contribution in [-0.4, -0.2) is 21.6 Å². The molecule has 44 heavy (non-hydrogen) atoms. The summed E-state index contributed by atoms with van der Waals surface area (Å²) in [6.07, 6.45) is 1.25. The number of rotatable bonds is 11. The standard InChI is InChI=1S/C32H26Cl2N4O6/c1-20-3-4-21(2)37(20)24-6-9-26(10-7-24)42-19-27-11-14-31(44-27)32(39)36-35-17-23-16-25(38(40)41)8-13-30(23)43-18-22-5-12-28(33)29(34)15-22/h3-17H,18-19H2,1-2H3,(H,36,39)/b35-17+. The molecule has 0 radical (unpaired) electrons. The van der Waals surface area contributed by atoms with E-state index in [2.05, 4.69) is 27.2 Å². The number of non-ortho nitro benzene ring substituents is 1. The average Bonchev–Trinajstić information content (AvgIpc) is 3.63. The summed E-state index contributed by atoms with van der Waals surface area (Å²) in [5.41, 5.74) is 6.53. The number of hydrogen-bond acceptors (Lipinski definition) is 7. The number of hydrazone groups is 1. The molecule has 0 bridgehead atoms. The molecular formula is C32H26Cl2N4O6. The first kappa shape index (κ1) is 30.4. The van der Waals surface area contributed by atoms with Crippen molar-refractivity contribution in [2.24, 2.45) is 5.10 Å². The summed E-state index contributed by atoms with van der Waals surface area (Å²) >= 11 is 12.0. The number of nitrogens with one attached hydrogen (secondary N) is 1. The van der Waals surface area contributed by atoms with Crippen LogP contribution in [0.5, 0.6) is 11.5 Å². The van der Waals surface area contributed by atoms with Crippen LogP contribution >= 0.6 is 23.2 Å². The van der Waals surface area contributed by atoms with E-state index in [9.17, 15) is 14.9 Å². The molecule has 0 saturated carbocycles. The van der Waals surface area contributed by atoms with Crippen LogP contribution in [0, 0.1) is 24.0 Å². The molecule has 0 aliphatic carbocycles. The lowest BCUT2D eigenvalue weighted by Crippen LogP contribution is -2.17. The van der Waals surface area contributed by atoms with Crippen LogP contribution in [-0.2, 0) is 13.2 Å². The number of carbonyl (C=O) groups excluding carboxylic acids is 1. The highest BCUT2D eigenvalue weighted by molar-refractivity contribution is 6.42. The highest BCUT2D eigenvalue weighted by Gasteiger charge is 2.14. The maximum Gasteiger partial charge on any atom is 0.307 e. The molecule has 5 aromatic rings. The Hall–Kier alpha value is -5.06. The van der Waals surface area contributed by atoms with Gasteiger partial charge in [-0.3, -0.25) is 14.9 Å². The third kappa shape index (κ3) is 7.28. The van der Waals surface area contributed by atoms with Crippen LogP contribution in [0.25, 0.3) is 5.69 Å². The molecule has 224 valence electrons. The number of furan rings is 1. The zero-order chi connectivity index (χ0) is 31.2. The van der Waals surface area contributed by atoms with Crippen molar-refractivity contribution in [3.63, 3.8) is 0 Å². The largest absolute Gasteiger partial charge is 0.488 e. The Labute approximate surface area is 262 Å². The van der Waals surface area contributed by atoms with E-state index in [1.165, 1.54) is 30.5 Å². The maximum absolute atomic E-state index is 12.6. The number of nitro groups is 1. The highest BCUT2D eigenvalue weighted by Crippen LogP contribution is 2.26. The van der Waals surface area contributed by atoms with Gasteiger partial charge in [0, 0.05) is 34.8 Å². The van der Waals surface area contributed by atoms with Crippen molar-refractivity contribution in [3.05, 3.63) is 139 Å². The number of ether oxygens (including phenoxy) is 2. The first-order valence-electron chi connectivity index (χ1n) is 13.3. The van der Waals surface area contributed by atoms with Crippen molar-refractivity contribution in [3.8, 4) is 17.2 Å². The van der Waals surface area contributed by atoms with Gasteiger partial charge in [0.1, 0.15) is 30.5 Å². The minimum atomic E-state index is -0.613. The van der Waals surface area contributed by atoms with Gasteiger partial charge in [-0.15, -0.1) is 0 Å². The van der Waals surface area contributed by atoms with Gasteiger partial charge in [0.15, 0.2) is 5.76 Å². The zero-order valence-electron chi connectivity index (χ0n) is 23.6. The molecule has 3 aromatic carbocycles. The number of benzene rings is 3. The molecule has 2 heterocycles. The second-order valence-electron chi connectivity index (χ2n) is 9.72. The van der Waals surface area contributed by atoms with E-state index >= 15 is 0 Å². The Morgan fingerprint density at radius 2 is 1.68 bits per heavy atom. The van der Waals surface area contributed by atoms with Gasteiger partial charge >= 0.3 is 5.91 Å². The summed E-state index contributed by atoms with van der Waals surface area (Å²) in [6, 6.07) is 24.1. The number of nitrogens with zero attached hydrogens (tertiary/aromatic N) is 3. The van der Waals surface area contributed by atoms with E-state index in [1.807, 2.05) is 38.1 Å². The second kappa shape index (κ2) is 13.5. The Morgan fingerprint density at radius 1 is 0.932 bits per heavy atom. The van der Waals surface area contributed by atoms with Gasteiger partial charge in [-0.25, -0.2) is 5.43 Å². The van der Waals surface area contributed by atoms with Crippen molar-refractivity contribution in [1.82, 2.24) is 9.99 Å². The first-order chi connectivity index (χ1) is 21.2. The summed E-state index contributed by atoms with van der Waals surface area (Å²) in [5, 5.41) is 16.0. The summed E-state index contributed by atoms with van der Waals surface area (Å²) < 4.78 is 19.4. The molecule has 0 saturated heterocycles.